The molecule has 0 saturated heterocycles. The maximum Gasteiger partial charge on any atom is 0.137 e. The molecule has 2 aromatic heterocycles. The summed E-state index contributed by atoms with van der Waals surface area (Å²) < 4.78 is 1.84. The third kappa shape index (κ3) is 3.89. The molecule has 5 nitrogen and oxygen atoms in total. The van der Waals surface area contributed by atoms with Crippen molar-refractivity contribution in [3.63, 3.8) is 0 Å². The van der Waals surface area contributed by atoms with E-state index in [-0.39, 0.29) is 0 Å². The Bertz CT molecular complexity index is 451. The first-order chi connectivity index (χ1) is 8.78. The van der Waals surface area contributed by atoms with Crippen molar-refractivity contribution in [2.24, 2.45) is 0 Å². The van der Waals surface area contributed by atoms with Crippen molar-refractivity contribution in [2.45, 2.75) is 39.3 Å². The van der Waals surface area contributed by atoms with Gasteiger partial charge in [-0.2, -0.15) is 5.10 Å². The molecule has 1 atom stereocenters. The molecule has 0 saturated carbocycles. The van der Waals surface area contributed by atoms with Gasteiger partial charge in [0.05, 0.1) is 17.2 Å². The maximum absolute atomic E-state index is 4.55. The van der Waals surface area contributed by atoms with E-state index in [9.17, 15) is 0 Å². The third-order valence-electron chi connectivity index (χ3n) is 2.70. The Hall–Kier alpha value is -1.27. The molecular formula is C12H19N5S. The zero-order valence-electron chi connectivity index (χ0n) is 10.8. The SMILES string of the molecule is CCc1nc(CCNC(C)Cn2cncn2)cs1. The van der Waals surface area contributed by atoms with Gasteiger partial charge in [0, 0.05) is 24.4 Å². The van der Waals surface area contributed by atoms with Crippen LogP contribution in [0.25, 0.3) is 0 Å². The van der Waals surface area contributed by atoms with Crippen LogP contribution in [-0.4, -0.2) is 32.3 Å². The molecule has 0 spiro atoms. The van der Waals surface area contributed by atoms with Gasteiger partial charge in [-0.05, 0) is 13.3 Å². The van der Waals surface area contributed by atoms with Gasteiger partial charge in [-0.1, -0.05) is 6.92 Å². The van der Waals surface area contributed by atoms with E-state index in [1.165, 1.54) is 10.7 Å². The second-order valence-corrected chi connectivity index (χ2v) is 5.25. The van der Waals surface area contributed by atoms with Crippen LogP contribution in [0.2, 0.25) is 0 Å². The minimum Gasteiger partial charge on any atom is -0.312 e. The van der Waals surface area contributed by atoms with Crippen molar-refractivity contribution in [3.05, 3.63) is 28.7 Å². The van der Waals surface area contributed by atoms with Crippen molar-refractivity contribution in [1.29, 1.82) is 0 Å². The first-order valence-electron chi connectivity index (χ1n) is 6.27. The highest BCUT2D eigenvalue weighted by Crippen LogP contribution is 2.10. The Morgan fingerprint density at radius 1 is 1.50 bits per heavy atom. The van der Waals surface area contributed by atoms with E-state index >= 15 is 0 Å². The van der Waals surface area contributed by atoms with Crippen LogP contribution in [0.3, 0.4) is 0 Å². The minimum absolute atomic E-state index is 0.385. The fourth-order valence-corrected chi connectivity index (χ4v) is 2.52. The summed E-state index contributed by atoms with van der Waals surface area (Å²) in [4.78, 5) is 8.48. The smallest absolute Gasteiger partial charge is 0.137 e. The molecule has 0 radical (unpaired) electrons. The molecule has 0 aliphatic carbocycles. The van der Waals surface area contributed by atoms with Crippen LogP contribution in [0.15, 0.2) is 18.0 Å². The molecule has 98 valence electrons. The first kappa shape index (κ1) is 13.2. The van der Waals surface area contributed by atoms with Gasteiger partial charge in [0.25, 0.3) is 0 Å². The lowest BCUT2D eigenvalue weighted by atomic mass is 10.3. The maximum atomic E-state index is 4.55. The third-order valence-corrected chi connectivity index (χ3v) is 3.75. The van der Waals surface area contributed by atoms with E-state index in [4.69, 9.17) is 0 Å². The lowest BCUT2D eigenvalue weighted by molar-refractivity contribution is 0.453. The highest BCUT2D eigenvalue weighted by molar-refractivity contribution is 7.09. The molecule has 0 aliphatic rings. The Balaban J connectivity index is 1.68. The number of aromatic nitrogens is 4. The summed E-state index contributed by atoms with van der Waals surface area (Å²) >= 11 is 1.75. The molecule has 0 amide bonds. The molecule has 1 unspecified atom stereocenters. The van der Waals surface area contributed by atoms with Crippen molar-refractivity contribution in [1.82, 2.24) is 25.1 Å². The molecule has 0 bridgehead atoms. The number of thiazole rings is 1. The van der Waals surface area contributed by atoms with Crippen LogP contribution >= 0.6 is 11.3 Å². The summed E-state index contributed by atoms with van der Waals surface area (Å²) in [7, 11) is 0. The Kier molecular flexibility index (Phi) is 4.83. The topological polar surface area (TPSA) is 55.6 Å². The molecule has 18 heavy (non-hydrogen) atoms. The minimum atomic E-state index is 0.385. The summed E-state index contributed by atoms with van der Waals surface area (Å²) in [6.45, 7) is 6.08. The van der Waals surface area contributed by atoms with E-state index in [1.807, 2.05) is 4.68 Å². The molecule has 2 rings (SSSR count). The number of aryl methyl sites for hydroxylation is 1. The summed E-state index contributed by atoms with van der Waals surface area (Å²) in [6, 6.07) is 0.385. The molecule has 2 heterocycles. The predicted octanol–water partition coefficient (Wildman–Crippen LogP) is 1.52. The zero-order chi connectivity index (χ0) is 12.8. The second kappa shape index (κ2) is 6.61. The lowest BCUT2D eigenvalue weighted by Gasteiger charge is -2.12. The van der Waals surface area contributed by atoms with Gasteiger partial charge in [0.2, 0.25) is 0 Å². The van der Waals surface area contributed by atoms with E-state index < -0.39 is 0 Å². The summed E-state index contributed by atoms with van der Waals surface area (Å²) in [5, 5.41) is 10.9. The molecule has 6 heteroatoms. The normalized spacial score (nSPS) is 12.8. The molecule has 1 N–H and O–H groups in total. The Labute approximate surface area is 111 Å². The van der Waals surface area contributed by atoms with Gasteiger partial charge >= 0.3 is 0 Å². The average Bonchev–Trinajstić information content (AvgIpc) is 3.00. The largest absolute Gasteiger partial charge is 0.312 e. The number of hydrogen-bond donors (Lipinski definition) is 1. The number of nitrogens with zero attached hydrogens (tertiary/aromatic N) is 4. The van der Waals surface area contributed by atoms with Gasteiger partial charge in [-0.3, -0.25) is 4.68 Å². The second-order valence-electron chi connectivity index (χ2n) is 4.31. The highest BCUT2D eigenvalue weighted by atomic mass is 32.1. The van der Waals surface area contributed by atoms with Crippen molar-refractivity contribution < 1.29 is 0 Å². The molecule has 0 aliphatic heterocycles. The van der Waals surface area contributed by atoms with Gasteiger partial charge < -0.3 is 5.32 Å². The highest BCUT2D eigenvalue weighted by Gasteiger charge is 2.04. The molecular weight excluding hydrogens is 246 g/mol. The summed E-state index contributed by atoms with van der Waals surface area (Å²) in [5.41, 5.74) is 1.19. The van der Waals surface area contributed by atoms with E-state index in [0.717, 1.165) is 25.9 Å². The van der Waals surface area contributed by atoms with Crippen LogP contribution in [0.1, 0.15) is 24.5 Å². The number of rotatable bonds is 7. The average molecular weight is 265 g/mol. The fourth-order valence-electron chi connectivity index (χ4n) is 1.74. The van der Waals surface area contributed by atoms with Gasteiger partial charge in [0.15, 0.2) is 0 Å². The first-order valence-corrected chi connectivity index (χ1v) is 7.15. The fraction of sp³-hybridized carbons (Fsp3) is 0.583. The monoisotopic (exact) mass is 265 g/mol. The van der Waals surface area contributed by atoms with Crippen molar-refractivity contribution in [2.75, 3.05) is 6.54 Å². The lowest BCUT2D eigenvalue weighted by Crippen LogP contribution is -2.32. The van der Waals surface area contributed by atoms with E-state index in [1.54, 1.807) is 24.0 Å². The Morgan fingerprint density at radius 3 is 3.06 bits per heavy atom. The van der Waals surface area contributed by atoms with Gasteiger partial charge in [-0.25, -0.2) is 9.97 Å². The number of nitrogens with one attached hydrogen (secondary N) is 1. The van der Waals surface area contributed by atoms with Crippen molar-refractivity contribution >= 4 is 11.3 Å². The zero-order valence-corrected chi connectivity index (χ0v) is 11.7. The standard InChI is InChI=1S/C12H19N5S/c1-3-12-16-11(7-18-12)4-5-14-10(2)6-17-9-13-8-15-17/h7-10,14H,3-6H2,1-2H3. The summed E-state index contributed by atoms with van der Waals surface area (Å²) in [6.07, 6.45) is 5.32. The van der Waals surface area contributed by atoms with Crippen LogP contribution in [0.4, 0.5) is 0 Å². The summed E-state index contributed by atoms with van der Waals surface area (Å²) in [5.74, 6) is 0. The Morgan fingerprint density at radius 2 is 2.39 bits per heavy atom. The van der Waals surface area contributed by atoms with E-state index in [0.29, 0.717) is 6.04 Å². The molecule has 2 aromatic rings. The van der Waals surface area contributed by atoms with Gasteiger partial charge in [0.1, 0.15) is 12.7 Å². The molecule has 0 fully saturated rings. The van der Waals surface area contributed by atoms with Crippen LogP contribution < -0.4 is 5.32 Å². The molecule has 0 aromatic carbocycles. The van der Waals surface area contributed by atoms with Crippen molar-refractivity contribution in [3.8, 4) is 0 Å². The van der Waals surface area contributed by atoms with E-state index in [2.05, 4.69) is 39.6 Å². The van der Waals surface area contributed by atoms with Crippen LogP contribution in [-0.2, 0) is 19.4 Å². The predicted molar refractivity (Wildman–Crippen MR) is 72.7 cm³/mol. The van der Waals surface area contributed by atoms with Crippen LogP contribution in [0, 0.1) is 0 Å². The number of hydrogen-bond acceptors (Lipinski definition) is 5. The van der Waals surface area contributed by atoms with Gasteiger partial charge in [-0.15, -0.1) is 11.3 Å². The quantitative estimate of drug-likeness (QED) is 0.824. The van der Waals surface area contributed by atoms with Crippen LogP contribution in [0.5, 0.6) is 0 Å².